The Bertz CT molecular complexity index is 575. The Kier molecular flexibility index (Phi) is 5.58. The average molecular weight is 302 g/mol. The first-order chi connectivity index (χ1) is 9.25. The Morgan fingerprint density at radius 3 is 2.70 bits per heavy atom. The van der Waals surface area contributed by atoms with E-state index in [-0.39, 0.29) is 31.3 Å². The molecule has 1 aromatic heterocycles. The van der Waals surface area contributed by atoms with Gasteiger partial charge in [0.25, 0.3) is 10.0 Å². The van der Waals surface area contributed by atoms with Crippen LogP contribution in [-0.4, -0.2) is 36.6 Å². The van der Waals surface area contributed by atoms with Crippen LogP contribution < -0.4 is 5.73 Å². The minimum Gasteiger partial charge on any atom is -0.388 e. The second-order valence-corrected chi connectivity index (χ2v) is 6.68. The van der Waals surface area contributed by atoms with Gasteiger partial charge in [-0.05, 0) is 18.1 Å². The van der Waals surface area contributed by atoms with Gasteiger partial charge >= 0.3 is 0 Å². The van der Waals surface area contributed by atoms with Crippen LogP contribution in [0.4, 0.5) is 4.39 Å². The monoisotopic (exact) mass is 302 g/mol. The first-order valence-corrected chi connectivity index (χ1v) is 7.62. The standard InChI is InChI=1S/C12H19FN4O2S/c1-9(2)8-17(7-5-11(14)15)20(18,19)12-10(13)4-3-6-16-12/h3-4,6,9H,5,7-8H2,1-2H3,(H3,14,15). The van der Waals surface area contributed by atoms with Gasteiger partial charge in [0, 0.05) is 25.7 Å². The summed E-state index contributed by atoms with van der Waals surface area (Å²) in [4.78, 5) is 3.62. The van der Waals surface area contributed by atoms with E-state index >= 15 is 0 Å². The number of pyridine rings is 1. The van der Waals surface area contributed by atoms with Gasteiger partial charge in [0.1, 0.15) is 0 Å². The molecule has 0 spiro atoms. The van der Waals surface area contributed by atoms with Gasteiger partial charge in [-0.25, -0.2) is 17.8 Å². The number of halogens is 1. The lowest BCUT2D eigenvalue weighted by molar-refractivity contribution is 0.370. The Morgan fingerprint density at radius 1 is 1.55 bits per heavy atom. The van der Waals surface area contributed by atoms with Crippen LogP contribution in [0.15, 0.2) is 23.4 Å². The fraction of sp³-hybridized carbons (Fsp3) is 0.500. The minimum atomic E-state index is -4.03. The van der Waals surface area contributed by atoms with Crippen molar-refractivity contribution < 1.29 is 12.8 Å². The summed E-state index contributed by atoms with van der Waals surface area (Å²) >= 11 is 0. The molecule has 0 aromatic carbocycles. The van der Waals surface area contributed by atoms with Crippen LogP contribution in [-0.2, 0) is 10.0 Å². The van der Waals surface area contributed by atoms with E-state index in [1.54, 1.807) is 0 Å². The van der Waals surface area contributed by atoms with Gasteiger partial charge in [-0.15, -0.1) is 0 Å². The Morgan fingerprint density at radius 2 is 2.20 bits per heavy atom. The second-order valence-electron chi connectivity index (χ2n) is 4.82. The highest BCUT2D eigenvalue weighted by Gasteiger charge is 2.29. The van der Waals surface area contributed by atoms with E-state index in [0.717, 1.165) is 10.4 Å². The molecule has 6 nitrogen and oxygen atoms in total. The number of sulfonamides is 1. The van der Waals surface area contributed by atoms with E-state index in [9.17, 15) is 12.8 Å². The van der Waals surface area contributed by atoms with Gasteiger partial charge in [-0.1, -0.05) is 13.8 Å². The summed E-state index contributed by atoms with van der Waals surface area (Å²) in [5.74, 6) is -0.942. The van der Waals surface area contributed by atoms with Crippen molar-refractivity contribution in [1.82, 2.24) is 9.29 Å². The van der Waals surface area contributed by atoms with Crippen molar-refractivity contribution in [1.29, 1.82) is 5.41 Å². The smallest absolute Gasteiger partial charge is 0.263 e. The molecule has 20 heavy (non-hydrogen) atoms. The second kappa shape index (κ2) is 6.76. The summed E-state index contributed by atoms with van der Waals surface area (Å²) in [5.41, 5.74) is 5.26. The van der Waals surface area contributed by atoms with Crippen molar-refractivity contribution in [3.05, 3.63) is 24.1 Å². The number of nitrogens with one attached hydrogen (secondary N) is 1. The number of nitrogens with zero attached hydrogens (tertiary/aromatic N) is 2. The quantitative estimate of drug-likeness (QED) is 0.583. The fourth-order valence-corrected chi connectivity index (χ4v) is 3.22. The minimum absolute atomic E-state index is 0.0336. The molecule has 0 amide bonds. The largest absolute Gasteiger partial charge is 0.388 e. The maximum atomic E-state index is 13.6. The molecule has 0 saturated heterocycles. The predicted octanol–water partition coefficient (Wildman–Crippen LogP) is 1.19. The molecule has 112 valence electrons. The van der Waals surface area contributed by atoms with Crippen LogP contribution in [0.2, 0.25) is 0 Å². The first kappa shape index (κ1) is 16.5. The van der Waals surface area contributed by atoms with Gasteiger partial charge in [-0.2, -0.15) is 4.31 Å². The summed E-state index contributed by atoms with van der Waals surface area (Å²) in [6.45, 7) is 3.95. The number of nitrogens with two attached hydrogens (primary N) is 1. The van der Waals surface area contributed by atoms with Gasteiger partial charge in [0.2, 0.25) is 5.03 Å². The first-order valence-electron chi connectivity index (χ1n) is 6.18. The predicted molar refractivity (Wildman–Crippen MR) is 74.3 cm³/mol. The summed E-state index contributed by atoms with van der Waals surface area (Å²) < 4.78 is 39.6. The maximum absolute atomic E-state index is 13.6. The highest BCUT2D eigenvalue weighted by molar-refractivity contribution is 7.89. The number of amidine groups is 1. The zero-order chi connectivity index (χ0) is 15.3. The Balaban J connectivity index is 3.10. The highest BCUT2D eigenvalue weighted by Crippen LogP contribution is 2.18. The summed E-state index contributed by atoms with van der Waals surface area (Å²) in [7, 11) is -4.03. The van der Waals surface area contributed by atoms with E-state index in [4.69, 9.17) is 11.1 Å². The maximum Gasteiger partial charge on any atom is 0.263 e. The zero-order valence-electron chi connectivity index (χ0n) is 11.5. The molecule has 8 heteroatoms. The van der Waals surface area contributed by atoms with Crippen molar-refractivity contribution in [2.24, 2.45) is 11.7 Å². The Hall–Kier alpha value is -1.54. The van der Waals surface area contributed by atoms with Crippen molar-refractivity contribution in [2.75, 3.05) is 13.1 Å². The van der Waals surface area contributed by atoms with E-state index in [0.29, 0.717) is 0 Å². The molecule has 0 aliphatic heterocycles. The van der Waals surface area contributed by atoms with Crippen molar-refractivity contribution >= 4 is 15.9 Å². The van der Waals surface area contributed by atoms with Crippen LogP contribution in [0.1, 0.15) is 20.3 Å². The summed E-state index contributed by atoms with van der Waals surface area (Å²) in [5, 5.41) is 6.59. The third kappa shape index (κ3) is 4.24. The highest BCUT2D eigenvalue weighted by atomic mass is 32.2. The SMILES string of the molecule is CC(C)CN(CCC(=N)N)S(=O)(=O)c1ncccc1F. The van der Waals surface area contributed by atoms with E-state index < -0.39 is 20.9 Å². The van der Waals surface area contributed by atoms with Crippen molar-refractivity contribution in [3.8, 4) is 0 Å². The van der Waals surface area contributed by atoms with Crippen LogP contribution in [0.25, 0.3) is 0 Å². The molecular weight excluding hydrogens is 283 g/mol. The molecule has 3 N–H and O–H groups in total. The molecule has 0 aliphatic carbocycles. The molecule has 1 aromatic rings. The lowest BCUT2D eigenvalue weighted by atomic mass is 10.2. The van der Waals surface area contributed by atoms with Crippen molar-refractivity contribution in [2.45, 2.75) is 25.3 Å². The molecular formula is C12H19FN4O2S. The lowest BCUT2D eigenvalue weighted by Gasteiger charge is -2.23. The molecule has 0 radical (unpaired) electrons. The number of rotatable bonds is 7. The zero-order valence-corrected chi connectivity index (χ0v) is 12.3. The van der Waals surface area contributed by atoms with Crippen LogP contribution >= 0.6 is 0 Å². The van der Waals surface area contributed by atoms with Crippen molar-refractivity contribution in [3.63, 3.8) is 0 Å². The molecule has 0 saturated carbocycles. The lowest BCUT2D eigenvalue weighted by Crippen LogP contribution is -2.37. The van der Waals surface area contributed by atoms with Gasteiger partial charge < -0.3 is 5.73 Å². The topological polar surface area (TPSA) is 100 Å². The third-order valence-corrected chi connectivity index (χ3v) is 4.31. The molecule has 0 bridgehead atoms. The van der Waals surface area contributed by atoms with E-state index in [2.05, 4.69) is 4.98 Å². The Labute approximate surface area is 118 Å². The van der Waals surface area contributed by atoms with Gasteiger partial charge in [-0.3, -0.25) is 5.41 Å². The van der Waals surface area contributed by atoms with E-state index in [1.807, 2.05) is 13.8 Å². The fourth-order valence-electron chi connectivity index (χ4n) is 1.65. The number of aromatic nitrogens is 1. The third-order valence-electron chi connectivity index (χ3n) is 2.51. The molecule has 1 heterocycles. The van der Waals surface area contributed by atoms with Gasteiger partial charge in [0.15, 0.2) is 5.82 Å². The van der Waals surface area contributed by atoms with Gasteiger partial charge in [0.05, 0.1) is 5.84 Å². The van der Waals surface area contributed by atoms with Crippen LogP contribution in [0.5, 0.6) is 0 Å². The molecule has 0 aliphatic rings. The number of hydrogen-bond donors (Lipinski definition) is 2. The normalized spacial score (nSPS) is 12.1. The summed E-state index contributed by atoms with van der Waals surface area (Å²) in [6, 6.07) is 2.38. The summed E-state index contributed by atoms with van der Waals surface area (Å²) in [6.07, 6.45) is 1.33. The molecule has 0 atom stereocenters. The average Bonchev–Trinajstić information content (AvgIpc) is 2.34. The molecule has 0 fully saturated rings. The number of hydrogen-bond acceptors (Lipinski definition) is 4. The van der Waals surface area contributed by atoms with Crippen LogP contribution in [0, 0.1) is 17.1 Å². The van der Waals surface area contributed by atoms with E-state index in [1.165, 1.54) is 12.3 Å². The molecule has 0 unspecified atom stereocenters. The van der Waals surface area contributed by atoms with Crippen LogP contribution in [0.3, 0.4) is 0 Å². The molecule has 1 rings (SSSR count).